The number of carbonyl (C=O) groups excluding carboxylic acids is 5. The van der Waals surface area contributed by atoms with Crippen LogP contribution < -0.4 is 11.1 Å². The minimum atomic E-state index is -4.75. The Morgan fingerprint density at radius 2 is 1.10 bits per heavy atom. The molecule has 6 heterocycles. The third kappa shape index (κ3) is 14.5. The third-order valence-corrected chi connectivity index (χ3v) is 11.2. The van der Waals surface area contributed by atoms with Gasteiger partial charge < -0.3 is 35.4 Å². The first-order valence-electron chi connectivity index (χ1n) is 21.3. The lowest BCUT2D eigenvalue weighted by atomic mass is 10.0. The fourth-order valence-corrected chi connectivity index (χ4v) is 7.98. The second kappa shape index (κ2) is 20.0. The van der Waals surface area contributed by atoms with E-state index in [4.69, 9.17) is 10.5 Å². The van der Waals surface area contributed by atoms with Crippen LogP contribution in [0.15, 0.2) is 0 Å². The molecule has 5 amide bonds. The predicted octanol–water partition coefficient (Wildman–Crippen LogP) is 4.89. The number of aryl methyl sites for hydroxylation is 2. The van der Waals surface area contributed by atoms with Crippen LogP contribution in [0.5, 0.6) is 0 Å². The summed E-state index contributed by atoms with van der Waals surface area (Å²) in [5, 5.41) is 2.47. The Morgan fingerprint density at radius 1 is 0.687 bits per heavy atom. The molecular formula is C41H52F10N10O6. The number of ether oxygens (including phenoxy) is 1. The van der Waals surface area contributed by atoms with E-state index >= 15 is 0 Å². The Hall–Kier alpha value is -5.43. The fourth-order valence-electron chi connectivity index (χ4n) is 7.98. The number of fused-ring (bicyclic) bond motifs is 2. The SMILES string of the molecule is Cc1nc(C(F)(F)F)nc2c1CCN(C(=O)C[C@@H](CN1CC(F)(F)CCC1=O)NC(=O)OC(C)(C)C)C2.Cc1nc(C(F)(F)F)nc2c1CCN(C(=O)C[C@H](N)CN1CC(F)(F)CCC1=O)C2. The smallest absolute Gasteiger partial charge is 0.444 e. The van der Waals surface area contributed by atoms with Crippen molar-refractivity contribution < 1.29 is 72.6 Å². The van der Waals surface area contributed by atoms with E-state index in [0.717, 1.165) is 9.80 Å². The standard InChI is InChI=1S/C23H30F5N5O4.C18H22F5N5O2/c1-13-15-6-8-32(11-16(15)31-19(29-13)23(26,27)28)18(35)9-14(30-20(36)37-21(2,3)4)10-33-12-22(24,25)7-5-17(33)34;1-10-12-3-5-27(8-13(12)26-16(25-10)18(21,22)23)15(30)6-11(24)7-28-9-17(19,20)4-2-14(28)29/h14H,5-12H2,1-4H3,(H,30,36);11H,2-9,24H2,1H3/t14-;11-/m00/s1. The van der Waals surface area contributed by atoms with Gasteiger partial charge in [-0.25, -0.2) is 42.3 Å². The van der Waals surface area contributed by atoms with Crippen molar-refractivity contribution in [3.63, 3.8) is 0 Å². The molecule has 372 valence electrons. The molecule has 2 aromatic heterocycles. The summed E-state index contributed by atoms with van der Waals surface area (Å²) in [7, 11) is 0. The van der Waals surface area contributed by atoms with Gasteiger partial charge in [-0.05, 0) is 58.6 Å². The van der Waals surface area contributed by atoms with Crippen molar-refractivity contribution in [2.75, 3.05) is 39.3 Å². The number of aromatic nitrogens is 4. The van der Waals surface area contributed by atoms with Crippen LogP contribution in [-0.4, -0.2) is 138 Å². The monoisotopic (exact) mass is 970 g/mol. The second-order valence-corrected chi connectivity index (χ2v) is 18.0. The molecule has 4 aliphatic heterocycles. The van der Waals surface area contributed by atoms with E-state index in [1.165, 1.54) is 23.6 Å². The third-order valence-electron chi connectivity index (χ3n) is 11.2. The normalized spacial score (nSPS) is 19.4. The van der Waals surface area contributed by atoms with Crippen molar-refractivity contribution in [2.45, 2.75) is 141 Å². The van der Waals surface area contributed by atoms with Crippen molar-refractivity contribution in [3.05, 3.63) is 45.6 Å². The average molecular weight is 971 g/mol. The average Bonchev–Trinajstić information content (AvgIpc) is 3.18. The van der Waals surface area contributed by atoms with E-state index in [1.807, 2.05) is 0 Å². The first-order chi connectivity index (χ1) is 30.8. The van der Waals surface area contributed by atoms with Crippen LogP contribution in [0.1, 0.15) is 105 Å². The molecule has 67 heavy (non-hydrogen) atoms. The predicted molar refractivity (Wildman–Crippen MR) is 214 cm³/mol. The number of nitrogens with two attached hydrogens (primary N) is 1. The van der Waals surface area contributed by atoms with Crippen LogP contribution in [0.3, 0.4) is 0 Å². The summed E-state index contributed by atoms with van der Waals surface area (Å²) in [6, 6.07) is -1.94. The molecule has 0 aromatic carbocycles. The van der Waals surface area contributed by atoms with Crippen molar-refractivity contribution in [2.24, 2.45) is 5.73 Å². The number of alkyl halides is 10. The van der Waals surface area contributed by atoms with Crippen molar-refractivity contribution >= 4 is 29.7 Å². The zero-order chi connectivity index (χ0) is 50.0. The number of hydrogen-bond donors (Lipinski definition) is 2. The van der Waals surface area contributed by atoms with E-state index in [1.54, 1.807) is 20.8 Å². The lowest BCUT2D eigenvalue weighted by Crippen LogP contribution is -2.53. The van der Waals surface area contributed by atoms with E-state index < -0.39 is 109 Å². The molecule has 0 spiro atoms. The van der Waals surface area contributed by atoms with Gasteiger partial charge in [0.2, 0.25) is 35.3 Å². The lowest BCUT2D eigenvalue weighted by molar-refractivity contribution is -0.148. The van der Waals surface area contributed by atoms with E-state index in [0.29, 0.717) is 17.5 Å². The molecule has 16 nitrogen and oxygen atoms in total. The van der Waals surface area contributed by atoms with Crippen molar-refractivity contribution in [1.82, 2.24) is 44.9 Å². The zero-order valence-corrected chi connectivity index (χ0v) is 37.4. The largest absolute Gasteiger partial charge is 0.451 e. The summed E-state index contributed by atoms with van der Waals surface area (Å²) in [5.41, 5.74) is 6.74. The number of hydrogen-bond acceptors (Lipinski definition) is 11. The molecule has 0 aliphatic carbocycles. The summed E-state index contributed by atoms with van der Waals surface area (Å²) in [6.07, 6.45) is -12.2. The minimum absolute atomic E-state index is 0.0712. The Bertz CT molecular complexity index is 2200. The highest BCUT2D eigenvalue weighted by Gasteiger charge is 2.43. The molecule has 26 heteroatoms. The zero-order valence-electron chi connectivity index (χ0n) is 37.4. The first-order valence-corrected chi connectivity index (χ1v) is 21.3. The lowest BCUT2D eigenvalue weighted by Gasteiger charge is -2.36. The summed E-state index contributed by atoms with van der Waals surface area (Å²) in [6.45, 7) is 5.73. The fraction of sp³-hybridized carbons (Fsp3) is 0.683. The maximum absolute atomic E-state index is 13.9. The molecule has 2 fully saturated rings. The van der Waals surface area contributed by atoms with E-state index in [9.17, 15) is 67.9 Å². The highest BCUT2D eigenvalue weighted by molar-refractivity contribution is 5.80. The number of nitrogens with one attached hydrogen (secondary N) is 1. The van der Waals surface area contributed by atoms with E-state index in [2.05, 4.69) is 25.3 Å². The summed E-state index contributed by atoms with van der Waals surface area (Å²) < 4.78 is 139. The van der Waals surface area contributed by atoms with Crippen molar-refractivity contribution in [1.29, 1.82) is 0 Å². The Kier molecular flexibility index (Phi) is 15.7. The van der Waals surface area contributed by atoms with Gasteiger partial charge in [0.15, 0.2) is 0 Å². The molecule has 6 rings (SSSR count). The van der Waals surface area contributed by atoms with Gasteiger partial charge >= 0.3 is 18.4 Å². The number of piperidine rings is 2. The van der Waals surface area contributed by atoms with Gasteiger partial charge in [-0.15, -0.1) is 0 Å². The first kappa shape index (κ1) is 52.5. The number of likely N-dealkylation sites (tertiary alicyclic amines) is 2. The van der Waals surface area contributed by atoms with Crippen LogP contribution in [0.2, 0.25) is 0 Å². The molecule has 0 unspecified atom stereocenters. The van der Waals surface area contributed by atoms with E-state index in [-0.39, 0.29) is 94.1 Å². The van der Waals surface area contributed by atoms with Gasteiger partial charge in [0.25, 0.3) is 11.8 Å². The Morgan fingerprint density at radius 3 is 1.52 bits per heavy atom. The number of nitrogens with zero attached hydrogens (tertiary/aromatic N) is 8. The molecule has 0 saturated carbocycles. The Balaban J connectivity index is 0.000000256. The molecule has 0 radical (unpaired) electrons. The summed E-state index contributed by atoms with van der Waals surface area (Å²) in [5.74, 6) is -10.6. The Labute approximate surface area is 378 Å². The number of carbonyl (C=O) groups is 5. The molecule has 3 N–H and O–H groups in total. The van der Waals surface area contributed by atoms with Crippen molar-refractivity contribution in [3.8, 4) is 0 Å². The van der Waals surface area contributed by atoms with Gasteiger partial charge in [0.1, 0.15) is 5.60 Å². The summed E-state index contributed by atoms with van der Waals surface area (Å²) in [4.78, 5) is 80.8. The number of alkyl carbamates (subject to hydrolysis) is 1. The highest BCUT2D eigenvalue weighted by atomic mass is 19.4. The number of halogens is 10. The maximum atomic E-state index is 13.9. The number of rotatable bonds is 9. The second-order valence-electron chi connectivity index (χ2n) is 18.0. The van der Waals surface area contributed by atoms with Crippen LogP contribution in [-0.2, 0) is 62.2 Å². The minimum Gasteiger partial charge on any atom is -0.444 e. The molecule has 2 saturated heterocycles. The van der Waals surface area contributed by atoms with Crippen LogP contribution in [0, 0.1) is 13.8 Å². The molecule has 4 aliphatic rings. The quantitative estimate of drug-likeness (QED) is 0.325. The van der Waals surface area contributed by atoms with Crippen LogP contribution in [0.25, 0.3) is 0 Å². The van der Waals surface area contributed by atoms with Gasteiger partial charge in [0.05, 0.1) is 43.6 Å². The van der Waals surface area contributed by atoms with Crippen LogP contribution in [0.4, 0.5) is 48.7 Å². The summed E-state index contributed by atoms with van der Waals surface area (Å²) >= 11 is 0. The highest BCUT2D eigenvalue weighted by Crippen LogP contribution is 2.32. The molecule has 2 atom stereocenters. The van der Waals surface area contributed by atoms with Gasteiger partial charge in [0, 0.05) is 82.1 Å². The number of amides is 5. The maximum Gasteiger partial charge on any atom is 0.451 e. The van der Waals surface area contributed by atoms with Gasteiger partial charge in [-0.1, -0.05) is 0 Å². The molecular weight excluding hydrogens is 918 g/mol. The van der Waals surface area contributed by atoms with Gasteiger partial charge in [-0.3, -0.25) is 19.2 Å². The van der Waals surface area contributed by atoms with Gasteiger partial charge in [-0.2, -0.15) is 26.3 Å². The van der Waals surface area contributed by atoms with Crippen LogP contribution >= 0.6 is 0 Å². The molecule has 2 aromatic rings. The topological polar surface area (TPSA) is 197 Å². The molecule has 0 bridgehead atoms.